The second kappa shape index (κ2) is 6.76. The van der Waals surface area contributed by atoms with Crippen molar-refractivity contribution >= 4 is 33.0 Å². The molecule has 6 nitrogen and oxygen atoms in total. The summed E-state index contributed by atoms with van der Waals surface area (Å²) < 4.78 is 27.8. The Morgan fingerprint density at radius 2 is 1.76 bits per heavy atom. The number of anilines is 3. The van der Waals surface area contributed by atoms with Crippen LogP contribution in [0.5, 0.6) is 0 Å². The van der Waals surface area contributed by atoms with E-state index >= 15 is 0 Å². The zero-order chi connectivity index (χ0) is 18.0. The Bertz CT molecular complexity index is 892. The molecule has 0 atom stereocenters. The van der Waals surface area contributed by atoms with Crippen molar-refractivity contribution in [2.75, 3.05) is 28.5 Å². The van der Waals surface area contributed by atoms with Gasteiger partial charge in [0, 0.05) is 30.7 Å². The van der Waals surface area contributed by atoms with Gasteiger partial charge in [-0.25, -0.2) is 8.42 Å². The van der Waals surface area contributed by atoms with E-state index in [0.717, 1.165) is 29.9 Å². The summed E-state index contributed by atoms with van der Waals surface area (Å²) >= 11 is 0. The highest BCUT2D eigenvalue weighted by Crippen LogP contribution is 2.30. The molecule has 1 aliphatic rings. The van der Waals surface area contributed by atoms with Crippen molar-refractivity contribution < 1.29 is 13.2 Å². The van der Waals surface area contributed by atoms with Gasteiger partial charge in [-0.05, 0) is 54.4 Å². The van der Waals surface area contributed by atoms with E-state index in [-0.39, 0.29) is 17.2 Å². The highest BCUT2D eigenvalue weighted by molar-refractivity contribution is 7.92. The summed E-state index contributed by atoms with van der Waals surface area (Å²) in [7, 11) is -2.01. The highest BCUT2D eigenvalue weighted by atomic mass is 32.2. The third-order valence-corrected chi connectivity index (χ3v) is 5.53. The molecule has 0 radical (unpaired) electrons. The molecule has 3 rings (SSSR count). The van der Waals surface area contributed by atoms with E-state index in [1.165, 1.54) is 6.07 Å². The Hall–Kier alpha value is -2.54. The lowest BCUT2D eigenvalue weighted by atomic mass is 10.2. The number of nitrogens with zero attached hydrogens (tertiary/aromatic N) is 1. The van der Waals surface area contributed by atoms with E-state index in [4.69, 9.17) is 0 Å². The van der Waals surface area contributed by atoms with Crippen LogP contribution < -0.4 is 14.9 Å². The fourth-order valence-corrected chi connectivity index (χ4v) is 3.86. The Balaban J connectivity index is 1.78. The standard InChI is InChI=1S/C18H21N3O3S/c1-3-10-19-14-4-6-15(7-5-14)20-25(23,24)16-8-9-17-13(11-16)12-18(22)21(17)2/h4-9,11,19-20H,3,10,12H2,1-2H3. The van der Waals surface area contributed by atoms with Crippen LogP contribution >= 0.6 is 0 Å². The van der Waals surface area contributed by atoms with Gasteiger partial charge in [0.1, 0.15) is 0 Å². The lowest BCUT2D eigenvalue weighted by molar-refractivity contribution is -0.117. The van der Waals surface area contributed by atoms with Crippen molar-refractivity contribution in [3.63, 3.8) is 0 Å². The van der Waals surface area contributed by atoms with Crippen molar-refractivity contribution in [3.05, 3.63) is 48.0 Å². The molecule has 0 spiro atoms. The zero-order valence-electron chi connectivity index (χ0n) is 14.2. The maximum atomic E-state index is 12.6. The molecule has 2 N–H and O–H groups in total. The molecule has 0 unspecified atom stereocenters. The summed E-state index contributed by atoms with van der Waals surface area (Å²) in [5.41, 5.74) is 2.93. The molecule has 132 valence electrons. The Morgan fingerprint density at radius 3 is 2.44 bits per heavy atom. The third-order valence-electron chi connectivity index (χ3n) is 4.15. The van der Waals surface area contributed by atoms with Crippen LogP contribution in [0.1, 0.15) is 18.9 Å². The van der Waals surface area contributed by atoms with E-state index in [1.807, 2.05) is 12.1 Å². The Morgan fingerprint density at radius 1 is 1.08 bits per heavy atom. The van der Waals surface area contributed by atoms with Crippen molar-refractivity contribution in [1.29, 1.82) is 0 Å². The van der Waals surface area contributed by atoms with Gasteiger partial charge in [-0.2, -0.15) is 0 Å². The minimum atomic E-state index is -3.70. The lowest BCUT2D eigenvalue weighted by Crippen LogP contribution is -2.20. The van der Waals surface area contributed by atoms with Gasteiger partial charge >= 0.3 is 0 Å². The smallest absolute Gasteiger partial charge is 0.261 e. The van der Waals surface area contributed by atoms with E-state index < -0.39 is 10.0 Å². The predicted octanol–water partition coefficient (Wildman–Crippen LogP) is 2.83. The third kappa shape index (κ3) is 3.61. The maximum Gasteiger partial charge on any atom is 0.261 e. The number of carbonyl (C=O) groups excluding carboxylic acids is 1. The molecule has 2 aromatic rings. The van der Waals surface area contributed by atoms with Crippen LogP contribution in [0.2, 0.25) is 0 Å². The number of hydrogen-bond acceptors (Lipinski definition) is 4. The fourth-order valence-electron chi connectivity index (χ4n) is 2.75. The summed E-state index contributed by atoms with van der Waals surface area (Å²) in [5, 5.41) is 3.24. The van der Waals surface area contributed by atoms with Gasteiger partial charge in [-0.3, -0.25) is 9.52 Å². The first-order valence-corrected chi connectivity index (χ1v) is 9.65. The molecule has 2 aromatic carbocycles. The van der Waals surface area contributed by atoms with Crippen molar-refractivity contribution in [2.45, 2.75) is 24.7 Å². The van der Waals surface area contributed by atoms with Crippen LogP contribution in [0, 0.1) is 0 Å². The molecule has 0 saturated heterocycles. The molecule has 0 aliphatic carbocycles. The molecule has 25 heavy (non-hydrogen) atoms. The Labute approximate surface area is 147 Å². The Kier molecular flexibility index (Phi) is 4.67. The van der Waals surface area contributed by atoms with Crippen LogP contribution in [0.3, 0.4) is 0 Å². The quantitative estimate of drug-likeness (QED) is 0.831. The molecule has 1 amide bonds. The first kappa shape index (κ1) is 17.3. The minimum Gasteiger partial charge on any atom is -0.385 e. The topological polar surface area (TPSA) is 78.5 Å². The van der Waals surface area contributed by atoms with Crippen LogP contribution in [-0.4, -0.2) is 27.9 Å². The summed E-state index contributed by atoms with van der Waals surface area (Å²) in [6, 6.07) is 11.9. The maximum absolute atomic E-state index is 12.6. The number of sulfonamides is 1. The van der Waals surface area contributed by atoms with Gasteiger partial charge in [0.2, 0.25) is 5.91 Å². The number of likely N-dealkylation sites (N-methyl/N-ethyl adjacent to an activating group) is 1. The van der Waals surface area contributed by atoms with Crippen LogP contribution in [0.15, 0.2) is 47.4 Å². The van der Waals surface area contributed by atoms with Gasteiger partial charge in [0.15, 0.2) is 0 Å². The summed E-state index contributed by atoms with van der Waals surface area (Å²) in [6.07, 6.45) is 1.25. The van der Waals surface area contributed by atoms with Crippen molar-refractivity contribution in [2.24, 2.45) is 0 Å². The van der Waals surface area contributed by atoms with Gasteiger partial charge in [0.25, 0.3) is 10.0 Å². The average Bonchev–Trinajstić information content (AvgIpc) is 2.88. The molecule has 7 heteroatoms. The minimum absolute atomic E-state index is 0.0346. The van der Waals surface area contributed by atoms with E-state index in [9.17, 15) is 13.2 Å². The average molecular weight is 359 g/mol. The van der Waals surface area contributed by atoms with Gasteiger partial charge in [0.05, 0.1) is 11.3 Å². The van der Waals surface area contributed by atoms with Crippen molar-refractivity contribution in [1.82, 2.24) is 0 Å². The fraction of sp³-hybridized carbons (Fsp3) is 0.278. The van der Waals surface area contributed by atoms with Gasteiger partial charge < -0.3 is 10.2 Å². The first-order valence-electron chi connectivity index (χ1n) is 8.17. The van der Waals surface area contributed by atoms with Gasteiger partial charge in [-0.1, -0.05) is 6.92 Å². The van der Waals surface area contributed by atoms with Crippen LogP contribution in [0.25, 0.3) is 0 Å². The number of carbonyl (C=O) groups is 1. The molecular weight excluding hydrogens is 338 g/mol. The largest absolute Gasteiger partial charge is 0.385 e. The lowest BCUT2D eigenvalue weighted by Gasteiger charge is -2.12. The molecular formula is C18H21N3O3S. The second-order valence-corrected chi connectivity index (χ2v) is 7.71. The van der Waals surface area contributed by atoms with Crippen LogP contribution in [-0.2, 0) is 21.2 Å². The van der Waals surface area contributed by atoms with E-state index in [2.05, 4.69) is 17.0 Å². The first-order chi connectivity index (χ1) is 11.9. The van der Waals surface area contributed by atoms with Crippen molar-refractivity contribution in [3.8, 4) is 0 Å². The zero-order valence-corrected chi connectivity index (χ0v) is 15.1. The number of rotatable bonds is 6. The molecule has 0 bridgehead atoms. The molecule has 0 aromatic heterocycles. The number of nitrogens with one attached hydrogen (secondary N) is 2. The number of amides is 1. The number of hydrogen-bond donors (Lipinski definition) is 2. The molecule has 1 aliphatic heterocycles. The predicted molar refractivity (Wildman–Crippen MR) is 99.6 cm³/mol. The summed E-state index contributed by atoms with van der Waals surface area (Å²) in [6.45, 7) is 2.95. The summed E-state index contributed by atoms with van der Waals surface area (Å²) in [4.78, 5) is 13.4. The molecule has 0 saturated carbocycles. The normalized spacial score (nSPS) is 13.7. The highest BCUT2D eigenvalue weighted by Gasteiger charge is 2.26. The SMILES string of the molecule is CCCNc1ccc(NS(=O)(=O)c2ccc3c(c2)CC(=O)N3C)cc1. The second-order valence-electron chi connectivity index (χ2n) is 6.03. The van der Waals surface area contributed by atoms with E-state index in [0.29, 0.717) is 5.69 Å². The van der Waals surface area contributed by atoms with Crippen LogP contribution in [0.4, 0.5) is 17.1 Å². The monoisotopic (exact) mass is 359 g/mol. The molecule has 1 heterocycles. The number of benzene rings is 2. The molecule has 0 fully saturated rings. The van der Waals surface area contributed by atoms with E-state index in [1.54, 1.807) is 36.2 Å². The van der Waals surface area contributed by atoms with Gasteiger partial charge in [-0.15, -0.1) is 0 Å². The number of fused-ring (bicyclic) bond motifs is 1. The summed E-state index contributed by atoms with van der Waals surface area (Å²) in [5.74, 6) is -0.0346.